The number of hydrogen-bond donors (Lipinski definition) is 1. The average Bonchev–Trinajstić information content (AvgIpc) is 2.30. The Bertz CT molecular complexity index is 215. The molecule has 1 atom stereocenters. The average molecular weight is 193 g/mol. The summed E-state index contributed by atoms with van der Waals surface area (Å²) in [5.74, 6) is 0. The third-order valence-corrected chi connectivity index (χ3v) is 3.48. The molecule has 1 unspecified atom stereocenters. The highest BCUT2D eigenvalue weighted by molar-refractivity contribution is 4.98. The predicted molar refractivity (Wildman–Crippen MR) is 55.8 cm³/mol. The number of nitrogens with zero attached hydrogens (tertiary/aromatic N) is 2. The van der Waals surface area contributed by atoms with E-state index >= 15 is 0 Å². The van der Waals surface area contributed by atoms with Gasteiger partial charge in [0, 0.05) is 25.7 Å². The van der Waals surface area contributed by atoms with Crippen molar-refractivity contribution in [2.45, 2.75) is 44.2 Å². The van der Waals surface area contributed by atoms with Crippen LogP contribution in [0.25, 0.3) is 0 Å². The molecule has 1 saturated heterocycles. The van der Waals surface area contributed by atoms with E-state index < -0.39 is 0 Å². The van der Waals surface area contributed by atoms with Crippen LogP contribution in [0.2, 0.25) is 0 Å². The zero-order valence-electron chi connectivity index (χ0n) is 8.71. The molecule has 78 valence electrons. The summed E-state index contributed by atoms with van der Waals surface area (Å²) in [6.45, 7) is 2.96. The first-order valence-electron chi connectivity index (χ1n) is 5.78. The van der Waals surface area contributed by atoms with Crippen LogP contribution in [0.15, 0.2) is 0 Å². The predicted octanol–water partition coefficient (Wildman–Crippen LogP) is 1.12. The molecular weight excluding hydrogens is 174 g/mol. The minimum Gasteiger partial charge on any atom is -0.313 e. The lowest BCUT2D eigenvalue weighted by molar-refractivity contribution is 0.108. The van der Waals surface area contributed by atoms with Gasteiger partial charge < -0.3 is 5.32 Å². The minimum absolute atomic E-state index is 0.117. The number of rotatable bonds is 1. The Morgan fingerprint density at radius 1 is 1.21 bits per heavy atom. The van der Waals surface area contributed by atoms with Crippen molar-refractivity contribution >= 4 is 0 Å². The molecule has 2 fully saturated rings. The Labute approximate surface area is 86.1 Å². The molecule has 0 amide bonds. The van der Waals surface area contributed by atoms with Gasteiger partial charge in [0.1, 0.15) is 6.04 Å². The molecule has 0 radical (unpaired) electrons. The van der Waals surface area contributed by atoms with E-state index in [1.165, 1.54) is 32.1 Å². The highest BCUT2D eigenvalue weighted by atomic mass is 15.2. The Kier molecular flexibility index (Phi) is 3.39. The SMILES string of the molecule is N#CC1CNCCN1C1CCCCC1. The van der Waals surface area contributed by atoms with E-state index in [2.05, 4.69) is 16.3 Å². The van der Waals surface area contributed by atoms with E-state index in [1.54, 1.807) is 0 Å². The van der Waals surface area contributed by atoms with Crippen molar-refractivity contribution in [1.29, 1.82) is 5.26 Å². The largest absolute Gasteiger partial charge is 0.313 e. The molecule has 0 bridgehead atoms. The number of hydrogen-bond acceptors (Lipinski definition) is 3. The molecule has 1 N–H and O–H groups in total. The van der Waals surface area contributed by atoms with Crippen molar-refractivity contribution in [2.24, 2.45) is 0 Å². The van der Waals surface area contributed by atoms with E-state index in [4.69, 9.17) is 5.26 Å². The molecule has 14 heavy (non-hydrogen) atoms. The summed E-state index contributed by atoms with van der Waals surface area (Å²) in [6.07, 6.45) is 6.70. The van der Waals surface area contributed by atoms with Gasteiger partial charge in [-0.25, -0.2) is 0 Å². The first kappa shape index (κ1) is 9.95. The maximum Gasteiger partial charge on any atom is 0.111 e. The normalized spacial score (nSPS) is 31.2. The van der Waals surface area contributed by atoms with Gasteiger partial charge in [-0.3, -0.25) is 4.90 Å². The second kappa shape index (κ2) is 4.77. The summed E-state index contributed by atoms with van der Waals surface area (Å²) in [5.41, 5.74) is 0. The quantitative estimate of drug-likeness (QED) is 0.678. The first-order valence-corrected chi connectivity index (χ1v) is 5.78. The fourth-order valence-electron chi connectivity index (χ4n) is 2.69. The van der Waals surface area contributed by atoms with Crippen molar-refractivity contribution in [2.75, 3.05) is 19.6 Å². The zero-order valence-corrected chi connectivity index (χ0v) is 8.71. The van der Waals surface area contributed by atoms with Crippen LogP contribution in [0.4, 0.5) is 0 Å². The standard InChI is InChI=1S/C11H19N3/c12-8-11-9-13-6-7-14(11)10-4-2-1-3-5-10/h10-11,13H,1-7,9H2. The molecule has 1 aliphatic carbocycles. The van der Waals surface area contributed by atoms with Gasteiger partial charge in [-0.1, -0.05) is 19.3 Å². The van der Waals surface area contributed by atoms with Crippen LogP contribution in [-0.4, -0.2) is 36.6 Å². The van der Waals surface area contributed by atoms with Crippen molar-refractivity contribution < 1.29 is 0 Å². The van der Waals surface area contributed by atoms with Gasteiger partial charge in [0.15, 0.2) is 0 Å². The monoisotopic (exact) mass is 193 g/mol. The summed E-state index contributed by atoms with van der Waals surface area (Å²) < 4.78 is 0. The minimum atomic E-state index is 0.117. The summed E-state index contributed by atoms with van der Waals surface area (Å²) in [7, 11) is 0. The summed E-state index contributed by atoms with van der Waals surface area (Å²) in [6, 6.07) is 3.22. The maximum atomic E-state index is 9.06. The van der Waals surface area contributed by atoms with E-state index in [9.17, 15) is 0 Å². The molecule has 0 aromatic carbocycles. The van der Waals surface area contributed by atoms with Gasteiger partial charge >= 0.3 is 0 Å². The highest BCUT2D eigenvalue weighted by Crippen LogP contribution is 2.24. The maximum absolute atomic E-state index is 9.06. The van der Waals surface area contributed by atoms with Crippen LogP contribution in [0.3, 0.4) is 0 Å². The van der Waals surface area contributed by atoms with Crippen LogP contribution in [0.5, 0.6) is 0 Å². The molecule has 2 aliphatic rings. The van der Waals surface area contributed by atoms with Crippen LogP contribution >= 0.6 is 0 Å². The van der Waals surface area contributed by atoms with Gasteiger partial charge in [-0.15, -0.1) is 0 Å². The first-order chi connectivity index (χ1) is 6.92. The Hall–Kier alpha value is -0.590. The summed E-state index contributed by atoms with van der Waals surface area (Å²) in [4.78, 5) is 2.43. The number of nitrogens with one attached hydrogen (secondary N) is 1. The van der Waals surface area contributed by atoms with Gasteiger partial charge in [0.05, 0.1) is 6.07 Å². The fourth-order valence-corrected chi connectivity index (χ4v) is 2.69. The molecular formula is C11H19N3. The molecule has 0 aromatic rings. The van der Waals surface area contributed by atoms with Crippen LogP contribution in [0, 0.1) is 11.3 Å². The van der Waals surface area contributed by atoms with Crippen molar-refractivity contribution in [3.05, 3.63) is 0 Å². The smallest absolute Gasteiger partial charge is 0.111 e. The lowest BCUT2D eigenvalue weighted by Gasteiger charge is -2.40. The van der Waals surface area contributed by atoms with Crippen LogP contribution in [-0.2, 0) is 0 Å². The van der Waals surface area contributed by atoms with Crippen molar-refractivity contribution in [3.8, 4) is 6.07 Å². The topological polar surface area (TPSA) is 39.1 Å². The zero-order chi connectivity index (χ0) is 9.80. The molecule has 0 aromatic heterocycles. The third-order valence-electron chi connectivity index (χ3n) is 3.48. The molecule has 2 rings (SSSR count). The van der Waals surface area contributed by atoms with E-state index in [0.717, 1.165) is 19.6 Å². The van der Waals surface area contributed by atoms with E-state index in [-0.39, 0.29) is 6.04 Å². The Morgan fingerprint density at radius 3 is 2.71 bits per heavy atom. The summed E-state index contributed by atoms with van der Waals surface area (Å²) >= 11 is 0. The van der Waals surface area contributed by atoms with Crippen LogP contribution < -0.4 is 5.32 Å². The molecule has 1 saturated carbocycles. The van der Waals surface area contributed by atoms with Crippen molar-refractivity contribution in [3.63, 3.8) is 0 Å². The Balaban J connectivity index is 1.95. The fraction of sp³-hybridized carbons (Fsp3) is 0.909. The van der Waals surface area contributed by atoms with Crippen LogP contribution in [0.1, 0.15) is 32.1 Å². The number of piperazine rings is 1. The van der Waals surface area contributed by atoms with E-state index in [1.807, 2.05) is 0 Å². The molecule has 1 aliphatic heterocycles. The second-order valence-corrected chi connectivity index (χ2v) is 4.38. The highest BCUT2D eigenvalue weighted by Gasteiger charge is 2.29. The summed E-state index contributed by atoms with van der Waals surface area (Å²) in [5, 5.41) is 12.4. The van der Waals surface area contributed by atoms with Gasteiger partial charge in [0.25, 0.3) is 0 Å². The molecule has 1 heterocycles. The lowest BCUT2D eigenvalue weighted by Crippen LogP contribution is -2.54. The number of nitriles is 1. The molecule has 3 heteroatoms. The lowest BCUT2D eigenvalue weighted by atomic mass is 9.93. The van der Waals surface area contributed by atoms with E-state index in [0.29, 0.717) is 6.04 Å². The second-order valence-electron chi connectivity index (χ2n) is 4.38. The Morgan fingerprint density at radius 2 is 2.00 bits per heavy atom. The van der Waals surface area contributed by atoms with Gasteiger partial charge in [-0.2, -0.15) is 5.26 Å². The third kappa shape index (κ3) is 2.08. The molecule has 0 spiro atoms. The van der Waals surface area contributed by atoms with Gasteiger partial charge in [0.2, 0.25) is 0 Å². The van der Waals surface area contributed by atoms with Crippen molar-refractivity contribution in [1.82, 2.24) is 10.2 Å². The molecule has 3 nitrogen and oxygen atoms in total. The van der Waals surface area contributed by atoms with Gasteiger partial charge in [-0.05, 0) is 12.8 Å².